The first-order chi connectivity index (χ1) is 15.7. The molecule has 4 rings (SSSR count). The van der Waals surface area contributed by atoms with Crippen molar-refractivity contribution in [2.45, 2.75) is 11.8 Å². The molecule has 3 aromatic carbocycles. The maximum atomic E-state index is 12.7. The number of hydrogen-bond donors (Lipinski definition) is 2. The van der Waals surface area contributed by atoms with Gasteiger partial charge in [-0.3, -0.25) is 14.3 Å². The van der Waals surface area contributed by atoms with E-state index in [1.807, 2.05) is 0 Å². The number of nitrogens with one attached hydrogen (secondary N) is 2. The molecule has 8 nitrogen and oxygen atoms in total. The van der Waals surface area contributed by atoms with E-state index < -0.39 is 10.0 Å². The zero-order chi connectivity index (χ0) is 23.6. The lowest BCUT2D eigenvalue weighted by molar-refractivity contribution is -0.114. The maximum Gasteiger partial charge on any atom is 0.261 e. The van der Waals surface area contributed by atoms with Crippen LogP contribution in [0.3, 0.4) is 0 Å². The molecule has 1 amide bonds. The first kappa shape index (κ1) is 22.1. The Balaban J connectivity index is 1.56. The lowest BCUT2D eigenvalue weighted by Crippen LogP contribution is -2.13. The zero-order valence-corrected chi connectivity index (χ0v) is 18.6. The Hall–Kier alpha value is -4.11. The van der Waals surface area contributed by atoms with Crippen LogP contribution in [0.1, 0.15) is 6.92 Å². The Morgan fingerprint density at radius 3 is 2.21 bits per heavy atom. The van der Waals surface area contributed by atoms with Crippen LogP contribution in [0.4, 0.5) is 11.4 Å². The Bertz CT molecular complexity index is 1490. The van der Waals surface area contributed by atoms with E-state index in [1.54, 1.807) is 42.5 Å². The Morgan fingerprint density at radius 1 is 0.909 bits per heavy atom. The van der Waals surface area contributed by atoms with Gasteiger partial charge in [-0.2, -0.15) is 0 Å². The molecule has 0 radical (unpaired) electrons. The minimum absolute atomic E-state index is 0.0524. The van der Waals surface area contributed by atoms with E-state index >= 15 is 0 Å². The van der Waals surface area contributed by atoms with Crippen molar-refractivity contribution in [3.8, 4) is 17.1 Å². The Morgan fingerprint density at radius 2 is 1.58 bits per heavy atom. The molecular weight excluding hydrogens is 444 g/mol. The van der Waals surface area contributed by atoms with Crippen LogP contribution in [-0.4, -0.2) is 21.4 Å². The van der Waals surface area contributed by atoms with Gasteiger partial charge >= 0.3 is 0 Å². The highest BCUT2D eigenvalue weighted by Crippen LogP contribution is 2.26. The van der Waals surface area contributed by atoms with Crippen molar-refractivity contribution >= 4 is 38.3 Å². The van der Waals surface area contributed by atoms with Crippen LogP contribution in [0.2, 0.25) is 0 Å². The number of methoxy groups -OCH3 is 1. The predicted molar refractivity (Wildman–Crippen MR) is 126 cm³/mol. The second-order valence-corrected chi connectivity index (χ2v) is 8.91. The summed E-state index contributed by atoms with van der Waals surface area (Å²) in [6.45, 7) is 1.37. The topological polar surface area (TPSA) is 115 Å². The molecule has 0 saturated heterocycles. The molecule has 2 N–H and O–H groups in total. The smallest absolute Gasteiger partial charge is 0.261 e. The fraction of sp³-hybridized carbons (Fsp3) is 0.0833. The molecule has 0 atom stereocenters. The number of benzene rings is 3. The summed E-state index contributed by atoms with van der Waals surface area (Å²) in [5.41, 5.74) is 1.68. The number of amides is 1. The number of carbonyl (C=O) groups is 1. The first-order valence-electron chi connectivity index (χ1n) is 9.88. The third kappa shape index (κ3) is 4.88. The van der Waals surface area contributed by atoms with Gasteiger partial charge in [0.1, 0.15) is 17.1 Å². The molecule has 0 saturated carbocycles. The maximum absolute atomic E-state index is 12.7. The molecule has 1 aromatic heterocycles. The monoisotopic (exact) mass is 464 g/mol. The quantitative estimate of drug-likeness (QED) is 0.441. The number of ether oxygens (including phenoxy) is 1. The third-order valence-corrected chi connectivity index (χ3v) is 6.24. The fourth-order valence-corrected chi connectivity index (χ4v) is 4.30. The average molecular weight is 464 g/mol. The van der Waals surface area contributed by atoms with Gasteiger partial charge in [-0.25, -0.2) is 8.42 Å². The molecular formula is C24H20N2O6S. The van der Waals surface area contributed by atoms with Gasteiger partial charge < -0.3 is 14.5 Å². The number of sulfonamides is 1. The summed E-state index contributed by atoms with van der Waals surface area (Å²) in [5.74, 6) is 0.676. The molecule has 33 heavy (non-hydrogen) atoms. The Kier molecular flexibility index (Phi) is 5.89. The third-order valence-electron chi connectivity index (χ3n) is 4.84. The van der Waals surface area contributed by atoms with Crippen molar-refractivity contribution in [3.05, 3.63) is 83.0 Å². The highest BCUT2D eigenvalue weighted by atomic mass is 32.2. The summed E-state index contributed by atoms with van der Waals surface area (Å²) < 4.78 is 38.8. The summed E-state index contributed by atoms with van der Waals surface area (Å²) in [4.78, 5) is 23.7. The highest BCUT2D eigenvalue weighted by molar-refractivity contribution is 7.92. The lowest BCUT2D eigenvalue weighted by Gasteiger charge is -2.10. The number of carbonyl (C=O) groups excluding carboxylic acids is 1. The van der Waals surface area contributed by atoms with E-state index in [9.17, 15) is 18.0 Å². The predicted octanol–water partition coefficient (Wildman–Crippen LogP) is 4.23. The lowest BCUT2D eigenvalue weighted by atomic mass is 10.1. The standard InChI is InChI=1S/C24H20N2O6S/c1-15(27)25-17-7-10-20(11-8-17)33(29,30)26-18-5-3-16(4-6-18)24-14-22(28)21-13-19(31-2)9-12-23(21)32-24/h3-14,26H,1-2H3,(H,25,27). The van der Waals surface area contributed by atoms with Crippen molar-refractivity contribution in [2.75, 3.05) is 17.1 Å². The summed E-state index contributed by atoms with van der Waals surface area (Å²) in [6.07, 6.45) is 0. The average Bonchev–Trinajstić information content (AvgIpc) is 2.79. The van der Waals surface area contributed by atoms with Gasteiger partial charge in [0.15, 0.2) is 5.43 Å². The number of hydrogen-bond acceptors (Lipinski definition) is 6. The molecule has 4 aromatic rings. The summed E-state index contributed by atoms with van der Waals surface area (Å²) in [7, 11) is -2.30. The van der Waals surface area contributed by atoms with E-state index in [1.165, 1.54) is 44.4 Å². The minimum atomic E-state index is -3.83. The van der Waals surface area contributed by atoms with Crippen LogP contribution >= 0.6 is 0 Å². The largest absolute Gasteiger partial charge is 0.497 e. The molecule has 9 heteroatoms. The molecule has 0 unspecified atom stereocenters. The second-order valence-electron chi connectivity index (χ2n) is 7.23. The van der Waals surface area contributed by atoms with Gasteiger partial charge in [0.2, 0.25) is 5.91 Å². The molecule has 168 valence electrons. The van der Waals surface area contributed by atoms with Crippen molar-refractivity contribution < 1.29 is 22.4 Å². The summed E-state index contributed by atoms with van der Waals surface area (Å²) in [6, 6.07) is 18.7. The van der Waals surface area contributed by atoms with Crippen LogP contribution in [0.5, 0.6) is 5.75 Å². The summed E-state index contributed by atoms with van der Waals surface area (Å²) >= 11 is 0. The fourth-order valence-electron chi connectivity index (χ4n) is 3.24. The van der Waals surface area contributed by atoms with E-state index in [2.05, 4.69) is 10.0 Å². The zero-order valence-electron chi connectivity index (χ0n) is 17.8. The highest BCUT2D eigenvalue weighted by Gasteiger charge is 2.15. The molecule has 0 bridgehead atoms. The van der Waals surface area contributed by atoms with E-state index in [4.69, 9.17) is 9.15 Å². The molecule has 0 fully saturated rings. The van der Waals surface area contributed by atoms with Crippen LogP contribution in [0.15, 0.2) is 86.9 Å². The van der Waals surface area contributed by atoms with Crippen LogP contribution in [0.25, 0.3) is 22.3 Å². The molecule has 0 spiro atoms. The first-order valence-corrected chi connectivity index (χ1v) is 11.4. The van der Waals surface area contributed by atoms with E-state index in [-0.39, 0.29) is 16.2 Å². The minimum Gasteiger partial charge on any atom is -0.497 e. The molecule has 0 aliphatic rings. The van der Waals surface area contributed by atoms with Gasteiger partial charge in [-0.1, -0.05) is 0 Å². The van der Waals surface area contributed by atoms with Crippen LogP contribution < -0.4 is 20.2 Å². The summed E-state index contributed by atoms with van der Waals surface area (Å²) in [5, 5.41) is 2.99. The van der Waals surface area contributed by atoms with E-state index in [0.717, 1.165) is 0 Å². The van der Waals surface area contributed by atoms with E-state index in [0.29, 0.717) is 39.4 Å². The molecule has 1 heterocycles. The van der Waals surface area contributed by atoms with Crippen molar-refractivity contribution in [1.82, 2.24) is 0 Å². The van der Waals surface area contributed by atoms with Crippen LogP contribution in [-0.2, 0) is 14.8 Å². The van der Waals surface area contributed by atoms with Crippen molar-refractivity contribution in [1.29, 1.82) is 0 Å². The normalized spacial score (nSPS) is 11.2. The van der Waals surface area contributed by atoms with Gasteiger partial charge in [-0.05, 0) is 66.7 Å². The number of anilines is 2. The second kappa shape index (κ2) is 8.79. The van der Waals surface area contributed by atoms with Crippen molar-refractivity contribution in [2.24, 2.45) is 0 Å². The van der Waals surface area contributed by atoms with Gasteiger partial charge in [0, 0.05) is 29.9 Å². The molecule has 0 aliphatic carbocycles. The molecule has 0 aliphatic heterocycles. The van der Waals surface area contributed by atoms with Crippen molar-refractivity contribution in [3.63, 3.8) is 0 Å². The van der Waals surface area contributed by atoms with Gasteiger partial charge in [0.25, 0.3) is 10.0 Å². The number of rotatable bonds is 6. The Labute approximate surface area is 189 Å². The van der Waals surface area contributed by atoms with Crippen LogP contribution in [0, 0.1) is 0 Å². The number of fused-ring (bicyclic) bond motifs is 1. The van der Waals surface area contributed by atoms with Gasteiger partial charge in [0.05, 0.1) is 17.4 Å². The SMILES string of the molecule is COc1ccc2oc(-c3ccc(NS(=O)(=O)c4ccc(NC(C)=O)cc4)cc3)cc(=O)c2c1. The van der Waals surface area contributed by atoms with Gasteiger partial charge in [-0.15, -0.1) is 0 Å².